The summed E-state index contributed by atoms with van der Waals surface area (Å²) in [4.78, 5) is 0. The molecule has 0 aromatic heterocycles. The van der Waals surface area contributed by atoms with Crippen molar-refractivity contribution in [1.29, 1.82) is 0 Å². The average Bonchev–Trinajstić information content (AvgIpc) is 2.67. The molecule has 0 heterocycles. The third kappa shape index (κ3) is 11.6. The van der Waals surface area contributed by atoms with Gasteiger partial charge in [-0.2, -0.15) is 61.5 Å². The van der Waals surface area contributed by atoms with Crippen LogP contribution in [0.25, 0.3) is 0 Å². The lowest BCUT2D eigenvalue weighted by Gasteiger charge is -2.38. The molecule has 21 heteroatoms. The number of rotatable bonds is 13. The molecule has 0 bridgehead atoms. The Morgan fingerprint density at radius 2 is 0.649 bits per heavy atom. The van der Waals surface area contributed by atoms with Crippen molar-refractivity contribution in [3.05, 3.63) is 0 Å². The molecule has 0 saturated heterocycles. The van der Waals surface area contributed by atoms with E-state index in [2.05, 4.69) is 13.1 Å². The molecule has 0 rings (SSSR count). The summed E-state index contributed by atoms with van der Waals surface area (Å²) in [5.74, 6) is -27.0. The van der Waals surface area contributed by atoms with Crippen molar-refractivity contribution in [1.82, 2.24) is 0 Å². The minimum atomic E-state index is -7.10. The zero-order chi connectivity index (χ0) is 30.4. The van der Waals surface area contributed by atoms with Crippen LogP contribution in [-0.2, 0) is 0 Å². The van der Waals surface area contributed by atoms with Crippen LogP contribution < -0.4 is 0 Å². The van der Waals surface area contributed by atoms with E-state index >= 15 is 0 Å². The largest absolute Gasteiger partial charge is 0.389 e. The minimum Gasteiger partial charge on any atom is -0.205 e. The summed E-state index contributed by atoms with van der Waals surface area (Å²) >= 11 is 0. The minimum absolute atomic E-state index is 0.438. The van der Waals surface area contributed by atoms with E-state index in [0.29, 0.717) is 19.0 Å². The third-order valence-corrected chi connectivity index (χ3v) is 9.87. The van der Waals surface area contributed by atoms with Crippen LogP contribution in [-0.4, -0.2) is 75.7 Å². The Kier molecular flexibility index (Phi) is 13.7. The maximum atomic E-state index is 13.4. The lowest BCUT2D eigenvalue weighted by atomic mass is 10.1. The second-order valence-electron chi connectivity index (χ2n) is 8.08. The highest BCUT2D eigenvalue weighted by molar-refractivity contribution is 6.43. The van der Waals surface area contributed by atoms with Gasteiger partial charge in [0.2, 0.25) is 9.52 Å². The lowest BCUT2D eigenvalue weighted by molar-refractivity contribution is -0.305. The van der Waals surface area contributed by atoms with E-state index in [1.165, 1.54) is 0 Å². The highest BCUT2D eigenvalue weighted by atomic mass is 28.2. The third-order valence-electron chi connectivity index (χ3n) is 4.68. The normalized spacial score (nSPS) is 15.6. The monoisotopic (exact) mass is 642 g/mol. The Hall–Kier alpha value is -0.609. The fourth-order valence-electron chi connectivity index (χ4n) is 2.45. The van der Waals surface area contributed by atoms with E-state index in [0.717, 1.165) is 0 Å². The molecule has 0 aromatic carbocycles. The van der Waals surface area contributed by atoms with Gasteiger partial charge in [0.25, 0.3) is 11.1 Å². The molecule has 0 unspecified atom stereocenters. The Labute approximate surface area is 206 Å². The number of halogens is 18. The van der Waals surface area contributed by atoms with Crippen molar-refractivity contribution in [2.45, 2.75) is 98.0 Å². The zero-order valence-corrected chi connectivity index (χ0v) is 23.4. The predicted molar refractivity (Wildman–Crippen MR) is 107 cm³/mol. The van der Waals surface area contributed by atoms with Crippen molar-refractivity contribution in [2.75, 3.05) is 0 Å². The molecular formula is C16H24F18Si3. The molecule has 0 atom stereocenters. The predicted octanol–water partition coefficient (Wildman–Crippen LogP) is 6.82. The molecule has 37 heavy (non-hydrogen) atoms. The topological polar surface area (TPSA) is 0 Å². The van der Waals surface area contributed by atoms with Crippen LogP contribution in [0.2, 0.25) is 25.2 Å². The Bertz CT molecular complexity index is 615. The van der Waals surface area contributed by atoms with Crippen LogP contribution in [0.1, 0.15) is 25.7 Å². The molecule has 0 fully saturated rings. The first kappa shape index (κ1) is 38.5. The van der Waals surface area contributed by atoms with Crippen molar-refractivity contribution in [3.8, 4) is 0 Å². The summed E-state index contributed by atoms with van der Waals surface area (Å²) in [7, 11) is -5.22. The molecule has 0 aliphatic heterocycles. The van der Waals surface area contributed by atoms with E-state index in [-0.39, 0.29) is 0 Å². The summed E-state index contributed by atoms with van der Waals surface area (Å²) in [5.41, 5.74) is -13.7. The average molecular weight is 643 g/mol. The molecule has 0 saturated carbocycles. The highest BCUT2D eigenvalue weighted by Crippen LogP contribution is 2.54. The van der Waals surface area contributed by atoms with Crippen LogP contribution in [0.5, 0.6) is 0 Å². The van der Waals surface area contributed by atoms with E-state index in [9.17, 15) is 79.0 Å². The summed E-state index contributed by atoms with van der Waals surface area (Å²) in [6, 6.07) is 3.23. The Balaban J connectivity index is 0. The molecule has 0 amide bonds. The van der Waals surface area contributed by atoms with Gasteiger partial charge >= 0.3 is 36.0 Å². The molecule has 0 spiro atoms. The summed E-state index contributed by atoms with van der Waals surface area (Å²) in [6.07, 6.45) is -23.0. The summed E-state index contributed by atoms with van der Waals surface area (Å²) in [6.45, 7) is 4.79. The van der Waals surface area contributed by atoms with E-state index in [1.807, 2.05) is 0 Å². The number of hydrogen-bond acceptors (Lipinski definition) is 0. The van der Waals surface area contributed by atoms with Gasteiger partial charge in [-0.15, -0.1) is 0 Å². The lowest BCUT2D eigenvalue weighted by Crippen LogP contribution is -2.66. The second kappa shape index (κ2) is 13.2. The molecule has 0 N–H and O–H groups in total. The number of hydrogen-bond donors (Lipinski definition) is 0. The Morgan fingerprint density at radius 3 is 0.838 bits per heavy atom. The van der Waals surface area contributed by atoms with Gasteiger partial charge < -0.3 is 0 Å². The van der Waals surface area contributed by atoms with Gasteiger partial charge in [-0.05, 0) is 0 Å². The Morgan fingerprint density at radius 1 is 0.405 bits per heavy atom. The molecule has 226 valence electrons. The zero-order valence-electron chi connectivity index (χ0n) is 19.2. The van der Waals surface area contributed by atoms with Gasteiger partial charge in [0.15, 0.2) is 0 Å². The van der Waals surface area contributed by atoms with Gasteiger partial charge in [-0.25, -0.2) is 17.6 Å². The van der Waals surface area contributed by atoms with E-state index in [1.54, 1.807) is 12.1 Å². The maximum Gasteiger partial charge on any atom is 0.389 e. The van der Waals surface area contributed by atoms with Crippen LogP contribution in [0.15, 0.2) is 0 Å². The first-order valence-corrected chi connectivity index (χ1v) is 16.7. The van der Waals surface area contributed by atoms with Crippen molar-refractivity contribution in [2.24, 2.45) is 0 Å². The van der Waals surface area contributed by atoms with Crippen molar-refractivity contribution < 1.29 is 79.0 Å². The van der Waals surface area contributed by atoms with E-state index in [4.69, 9.17) is 0 Å². The molecule has 0 aliphatic carbocycles. The van der Waals surface area contributed by atoms with Gasteiger partial charge in [-0.1, -0.05) is 25.2 Å². The van der Waals surface area contributed by atoms with Crippen LogP contribution in [0, 0.1) is 0 Å². The maximum absolute atomic E-state index is 13.4. The molecular weight excluding hydrogens is 618 g/mol. The first-order valence-electron chi connectivity index (χ1n) is 10.4. The quantitative estimate of drug-likeness (QED) is 0.118. The van der Waals surface area contributed by atoms with Gasteiger partial charge in [0.1, 0.15) is 0 Å². The van der Waals surface area contributed by atoms with Gasteiger partial charge in [0.05, 0.1) is 0 Å². The standard InChI is InChI=1S/C12H10F18Si.C4H14Si2/c13-5(14,1-3-7(17,18)19)9(23,24)11(27,28)31-12(29,30)10(25,26)6(15,16)2-4-8(20,21)22;1-5-3-4-6-2/h1-4,31H2;3-6H2,1-2H3. The van der Waals surface area contributed by atoms with Crippen LogP contribution in [0.3, 0.4) is 0 Å². The van der Waals surface area contributed by atoms with Gasteiger partial charge in [0, 0.05) is 44.7 Å². The molecule has 0 nitrogen and oxygen atoms in total. The SMILES string of the molecule is C[SiH2]CC[SiH2]C.FC(F)(F)CCC(F)(F)C(F)(F)C(F)(F)[SiH2]C(F)(F)C(F)(F)C(F)(F)CCC(F)(F)F. The van der Waals surface area contributed by atoms with Crippen molar-refractivity contribution >= 4 is 28.6 Å². The van der Waals surface area contributed by atoms with Crippen molar-refractivity contribution in [3.63, 3.8) is 0 Å². The van der Waals surface area contributed by atoms with Crippen LogP contribution in [0.4, 0.5) is 79.0 Å². The summed E-state index contributed by atoms with van der Waals surface area (Å²) in [5, 5.41) is 0. The van der Waals surface area contributed by atoms with Gasteiger partial charge in [-0.3, -0.25) is 0 Å². The second-order valence-corrected chi connectivity index (χ2v) is 13.6. The van der Waals surface area contributed by atoms with E-state index < -0.39 is 82.3 Å². The summed E-state index contributed by atoms with van der Waals surface area (Å²) < 4.78 is 231. The fourth-order valence-corrected chi connectivity index (χ4v) is 7.97. The molecule has 0 radical (unpaired) electrons. The smallest absolute Gasteiger partial charge is 0.205 e. The highest BCUT2D eigenvalue weighted by Gasteiger charge is 2.79. The first-order chi connectivity index (χ1) is 16.0. The molecule has 0 aliphatic rings. The molecule has 0 aromatic rings. The number of alkyl halides is 18. The van der Waals surface area contributed by atoms with Crippen LogP contribution >= 0.6 is 0 Å². The fraction of sp³-hybridized carbons (Fsp3) is 1.00.